The lowest BCUT2D eigenvalue weighted by atomic mass is 10.0. The molecule has 0 aromatic heterocycles. The Kier molecular flexibility index (Phi) is 3.15. The van der Waals surface area contributed by atoms with Crippen LogP contribution in [0.5, 0.6) is 0 Å². The molecule has 2 atom stereocenters. The van der Waals surface area contributed by atoms with Crippen molar-refractivity contribution in [3.05, 3.63) is 0 Å². The van der Waals surface area contributed by atoms with Gasteiger partial charge in [0.1, 0.15) is 0 Å². The summed E-state index contributed by atoms with van der Waals surface area (Å²) in [5.74, 6) is 0. The normalized spacial score (nSPS) is 38.7. The predicted molar refractivity (Wildman–Crippen MR) is 65.8 cm³/mol. The Balaban J connectivity index is 1.62. The lowest BCUT2D eigenvalue weighted by molar-refractivity contribution is 0.338. The van der Waals surface area contributed by atoms with Crippen LogP contribution in [0.3, 0.4) is 0 Å². The second-order valence-corrected chi connectivity index (χ2v) is 7.24. The topological polar surface area (TPSA) is 61.4 Å². The van der Waals surface area contributed by atoms with Crippen LogP contribution in [-0.2, 0) is 10.2 Å². The third kappa shape index (κ3) is 2.50. The van der Waals surface area contributed by atoms with Gasteiger partial charge < -0.3 is 5.32 Å². The van der Waals surface area contributed by atoms with Crippen molar-refractivity contribution in [2.75, 3.05) is 13.1 Å². The molecule has 2 N–H and O–H groups in total. The molecular formula is C11H21N3O2S. The van der Waals surface area contributed by atoms with Crippen molar-refractivity contribution in [3.8, 4) is 0 Å². The Morgan fingerprint density at radius 1 is 1.06 bits per heavy atom. The van der Waals surface area contributed by atoms with Crippen LogP contribution < -0.4 is 10.0 Å². The predicted octanol–water partition coefficient (Wildman–Crippen LogP) is 0.200. The van der Waals surface area contributed by atoms with E-state index in [4.69, 9.17) is 0 Å². The van der Waals surface area contributed by atoms with Gasteiger partial charge in [-0.3, -0.25) is 0 Å². The Morgan fingerprint density at radius 2 is 1.65 bits per heavy atom. The van der Waals surface area contributed by atoms with Gasteiger partial charge >= 0.3 is 0 Å². The van der Waals surface area contributed by atoms with E-state index < -0.39 is 10.2 Å². The highest BCUT2D eigenvalue weighted by atomic mass is 32.2. The van der Waals surface area contributed by atoms with E-state index in [0.717, 1.165) is 25.7 Å². The van der Waals surface area contributed by atoms with E-state index in [1.54, 1.807) is 4.31 Å². The lowest BCUT2D eigenvalue weighted by Gasteiger charge is -2.30. The minimum absolute atomic E-state index is 0.138. The number of piperidine rings is 1. The molecule has 0 aromatic rings. The molecule has 17 heavy (non-hydrogen) atoms. The Bertz CT molecular complexity index is 366. The first-order valence-electron chi connectivity index (χ1n) is 6.67. The Labute approximate surface area is 103 Å². The molecule has 0 amide bonds. The van der Waals surface area contributed by atoms with Gasteiger partial charge in [-0.25, -0.2) is 0 Å². The average molecular weight is 259 g/mol. The van der Waals surface area contributed by atoms with E-state index in [1.165, 1.54) is 12.8 Å². The summed E-state index contributed by atoms with van der Waals surface area (Å²) < 4.78 is 28.7. The van der Waals surface area contributed by atoms with Gasteiger partial charge in [0.05, 0.1) is 0 Å². The van der Waals surface area contributed by atoms with Crippen molar-refractivity contribution in [1.29, 1.82) is 0 Å². The van der Waals surface area contributed by atoms with Crippen molar-refractivity contribution in [3.63, 3.8) is 0 Å². The molecule has 5 nitrogen and oxygen atoms in total. The zero-order chi connectivity index (χ0) is 11.9. The summed E-state index contributed by atoms with van der Waals surface area (Å²) in [6.07, 6.45) is 6.29. The van der Waals surface area contributed by atoms with Crippen LogP contribution in [0, 0.1) is 0 Å². The maximum absolute atomic E-state index is 12.1. The van der Waals surface area contributed by atoms with Gasteiger partial charge in [0.25, 0.3) is 10.2 Å². The molecule has 2 bridgehead atoms. The van der Waals surface area contributed by atoms with Crippen LogP contribution in [0.1, 0.15) is 38.5 Å². The number of hydrogen-bond donors (Lipinski definition) is 2. The molecular weight excluding hydrogens is 238 g/mol. The number of fused-ring (bicyclic) bond motifs is 2. The highest BCUT2D eigenvalue weighted by Gasteiger charge is 2.36. The lowest BCUT2D eigenvalue weighted by Crippen LogP contribution is -2.51. The molecule has 3 heterocycles. The van der Waals surface area contributed by atoms with Crippen molar-refractivity contribution in [2.45, 2.75) is 56.7 Å². The van der Waals surface area contributed by atoms with Gasteiger partial charge in [-0.05, 0) is 38.5 Å². The van der Waals surface area contributed by atoms with Gasteiger partial charge in [-0.15, -0.1) is 0 Å². The average Bonchev–Trinajstić information content (AvgIpc) is 2.88. The van der Waals surface area contributed by atoms with E-state index in [0.29, 0.717) is 25.2 Å². The third-order valence-electron chi connectivity index (χ3n) is 4.19. The van der Waals surface area contributed by atoms with Crippen molar-refractivity contribution >= 4 is 10.2 Å². The summed E-state index contributed by atoms with van der Waals surface area (Å²) >= 11 is 0. The van der Waals surface area contributed by atoms with Gasteiger partial charge in [-0.1, -0.05) is 0 Å². The quantitative estimate of drug-likeness (QED) is 0.761. The minimum Gasteiger partial charge on any atom is -0.311 e. The van der Waals surface area contributed by atoms with E-state index in [1.807, 2.05) is 0 Å². The SMILES string of the molecule is O=S(=O)(NC1CC2CCC(C1)N2)N1CCCC1. The smallest absolute Gasteiger partial charge is 0.279 e. The summed E-state index contributed by atoms with van der Waals surface area (Å²) in [4.78, 5) is 0. The molecule has 0 saturated carbocycles. The number of rotatable bonds is 3. The Morgan fingerprint density at radius 3 is 2.24 bits per heavy atom. The zero-order valence-electron chi connectivity index (χ0n) is 10.1. The van der Waals surface area contributed by atoms with E-state index in [2.05, 4.69) is 10.0 Å². The molecule has 3 saturated heterocycles. The molecule has 3 fully saturated rings. The Hall–Kier alpha value is -0.170. The number of nitrogens with zero attached hydrogens (tertiary/aromatic N) is 1. The van der Waals surface area contributed by atoms with Gasteiger partial charge in [-0.2, -0.15) is 17.4 Å². The van der Waals surface area contributed by atoms with Crippen LogP contribution in [0.15, 0.2) is 0 Å². The molecule has 0 aromatic carbocycles. The molecule has 3 aliphatic rings. The summed E-state index contributed by atoms with van der Waals surface area (Å²) in [6.45, 7) is 1.38. The van der Waals surface area contributed by atoms with Gasteiger partial charge in [0.2, 0.25) is 0 Å². The highest BCUT2D eigenvalue weighted by molar-refractivity contribution is 7.87. The largest absolute Gasteiger partial charge is 0.311 e. The second kappa shape index (κ2) is 4.50. The summed E-state index contributed by atoms with van der Waals surface area (Å²) in [7, 11) is -3.22. The van der Waals surface area contributed by atoms with E-state index >= 15 is 0 Å². The second-order valence-electron chi connectivity index (χ2n) is 5.54. The fourth-order valence-electron chi connectivity index (χ4n) is 3.37. The molecule has 3 aliphatic heterocycles. The van der Waals surface area contributed by atoms with Crippen LogP contribution in [0.4, 0.5) is 0 Å². The van der Waals surface area contributed by atoms with Crippen molar-refractivity contribution in [1.82, 2.24) is 14.3 Å². The van der Waals surface area contributed by atoms with Crippen molar-refractivity contribution in [2.24, 2.45) is 0 Å². The molecule has 3 rings (SSSR count). The fourth-order valence-corrected chi connectivity index (χ4v) is 4.87. The standard InChI is InChI=1S/C11H21N3O2S/c15-17(16,14-5-1-2-6-14)13-11-7-9-3-4-10(8-11)12-9/h9-13H,1-8H2. The van der Waals surface area contributed by atoms with Crippen molar-refractivity contribution < 1.29 is 8.42 Å². The first-order chi connectivity index (χ1) is 8.13. The summed E-state index contributed by atoms with van der Waals surface area (Å²) in [6, 6.07) is 1.19. The van der Waals surface area contributed by atoms with Crippen LogP contribution >= 0.6 is 0 Å². The van der Waals surface area contributed by atoms with Crippen LogP contribution in [-0.4, -0.2) is 43.9 Å². The minimum atomic E-state index is -3.22. The first kappa shape index (κ1) is 11.9. The van der Waals surface area contributed by atoms with E-state index in [-0.39, 0.29) is 6.04 Å². The fraction of sp³-hybridized carbons (Fsp3) is 1.00. The molecule has 0 radical (unpaired) electrons. The first-order valence-corrected chi connectivity index (χ1v) is 8.11. The highest BCUT2D eigenvalue weighted by Crippen LogP contribution is 2.27. The molecule has 0 spiro atoms. The summed E-state index contributed by atoms with van der Waals surface area (Å²) in [5, 5.41) is 3.53. The van der Waals surface area contributed by atoms with Gasteiger partial charge in [0, 0.05) is 31.2 Å². The maximum Gasteiger partial charge on any atom is 0.279 e. The van der Waals surface area contributed by atoms with Crippen LogP contribution in [0.25, 0.3) is 0 Å². The van der Waals surface area contributed by atoms with E-state index in [9.17, 15) is 8.42 Å². The number of hydrogen-bond acceptors (Lipinski definition) is 3. The summed E-state index contributed by atoms with van der Waals surface area (Å²) in [5.41, 5.74) is 0. The molecule has 6 heteroatoms. The molecule has 0 aliphatic carbocycles. The zero-order valence-corrected chi connectivity index (χ0v) is 10.9. The number of nitrogens with one attached hydrogen (secondary N) is 2. The van der Waals surface area contributed by atoms with Gasteiger partial charge in [0.15, 0.2) is 0 Å². The van der Waals surface area contributed by atoms with Crippen LogP contribution in [0.2, 0.25) is 0 Å². The maximum atomic E-state index is 12.1. The third-order valence-corrected chi connectivity index (χ3v) is 5.87. The molecule has 98 valence electrons. The monoisotopic (exact) mass is 259 g/mol. The molecule has 2 unspecified atom stereocenters.